The Morgan fingerprint density at radius 2 is 1.58 bits per heavy atom. The van der Waals surface area contributed by atoms with Crippen LogP contribution in [0, 0.1) is 17.3 Å². The van der Waals surface area contributed by atoms with Crippen molar-refractivity contribution in [1.82, 2.24) is 0 Å². The van der Waals surface area contributed by atoms with Crippen molar-refractivity contribution in [3.8, 4) is 0 Å². The second kappa shape index (κ2) is 9.22. The third-order valence-electron chi connectivity index (χ3n) is 4.95. The van der Waals surface area contributed by atoms with Crippen LogP contribution in [0.3, 0.4) is 0 Å². The van der Waals surface area contributed by atoms with Gasteiger partial charge in [0.15, 0.2) is 0 Å². The topological polar surface area (TPSA) is 35.5 Å². The molecule has 1 saturated carbocycles. The number of hydrogen-bond acceptors (Lipinski definition) is 3. The fraction of sp³-hybridized carbons (Fsp3) is 0.952. The Bertz CT molecular complexity index is 373. The number of carbonyl (C=O) groups is 1. The van der Waals surface area contributed by atoms with Gasteiger partial charge in [0.1, 0.15) is 0 Å². The summed E-state index contributed by atoms with van der Waals surface area (Å²) in [5.74, 6) is -0.342. The van der Waals surface area contributed by atoms with Crippen LogP contribution in [0.25, 0.3) is 0 Å². The Hall–Kier alpha value is -0.570. The SMILES string of the molecule is CC(C)CCCC(C(=O)OC(C)(C)OC1CCCCC1)C(C)(C)C. The Kier molecular flexibility index (Phi) is 8.25. The van der Waals surface area contributed by atoms with Gasteiger partial charge in [0.25, 0.3) is 0 Å². The molecule has 0 amide bonds. The molecule has 1 unspecified atom stereocenters. The second-order valence-corrected chi connectivity index (χ2v) is 9.44. The molecule has 0 N–H and O–H groups in total. The zero-order valence-corrected chi connectivity index (χ0v) is 17.1. The van der Waals surface area contributed by atoms with Crippen LogP contribution in [0.2, 0.25) is 0 Å². The Morgan fingerprint density at radius 1 is 1.00 bits per heavy atom. The first kappa shape index (κ1) is 21.5. The summed E-state index contributed by atoms with van der Waals surface area (Å²) < 4.78 is 11.9. The van der Waals surface area contributed by atoms with E-state index in [2.05, 4.69) is 34.6 Å². The number of hydrogen-bond donors (Lipinski definition) is 0. The molecule has 1 atom stereocenters. The molecule has 0 aromatic heterocycles. The van der Waals surface area contributed by atoms with Gasteiger partial charge < -0.3 is 9.47 Å². The molecule has 0 aromatic rings. The smallest absolute Gasteiger partial charge is 0.311 e. The van der Waals surface area contributed by atoms with Crippen LogP contribution in [0.4, 0.5) is 0 Å². The molecule has 0 radical (unpaired) electrons. The highest BCUT2D eigenvalue weighted by Crippen LogP contribution is 2.34. The molecule has 1 aliphatic rings. The Labute approximate surface area is 149 Å². The van der Waals surface area contributed by atoms with Crippen LogP contribution in [-0.2, 0) is 14.3 Å². The van der Waals surface area contributed by atoms with Gasteiger partial charge in [-0.2, -0.15) is 0 Å². The highest BCUT2D eigenvalue weighted by atomic mass is 16.7. The third-order valence-corrected chi connectivity index (χ3v) is 4.95. The summed E-state index contributed by atoms with van der Waals surface area (Å²) in [6.45, 7) is 14.6. The molecule has 0 saturated heterocycles. The molecule has 0 bridgehead atoms. The van der Waals surface area contributed by atoms with Gasteiger partial charge in [0, 0.05) is 13.8 Å². The average Bonchev–Trinajstić information content (AvgIpc) is 2.41. The van der Waals surface area contributed by atoms with Crippen LogP contribution in [0.5, 0.6) is 0 Å². The van der Waals surface area contributed by atoms with Gasteiger partial charge in [0.05, 0.1) is 12.0 Å². The van der Waals surface area contributed by atoms with Crippen LogP contribution < -0.4 is 0 Å². The molecule has 1 aliphatic carbocycles. The molecule has 1 rings (SSSR count). The maximum absolute atomic E-state index is 12.8. The minimum absolute atomic E-state index is 0.0783. The quantitative estimate of drug-likeness (QED) is 0.395. The van der Waals surface area contributed by atoms with E-state index in [0.717, 1.165) is 32.1 Å². The van der Waals surface area contributed by atoms with Crippen molar-refractivity contribution < 1.29 is 14.3 Å². The summed E-state index contributed by atoms with van der Waals surface area (Å²) >= 11 is 0. The van der Waals surface area contributed by atoms with Crippen molar-refractivity contribution >= 4 is 5.97 Å². The number of carbonyl (C=O) groups excluding carboxylic acids is 1. The summed E-state index contributed by atoms with van der Waals surface area (Å²) in [5.41, 5.74) is -0.0883. The van der Waals surface area contributed by atoms with E-state index in [9.17, 15) is 4.79 Å². The molecule has 3 heteroatoms. The lowest BCUT2D eigenvalue weighted by atomic mass is 9.77. The minimum atomic E-state index is -0.833. The summed E-state index contributed by atoms with van der Waals surface area (Å²) in [6, 6.07) is 0. The molecule has 24 heavy (non-hydrogen) atoms. The van der Waals surface area contributed by atoms with E-state index in [1.165, 1.54) is 19.3 Å². The first-order valence-corrected chi connectivity index (χ1v) is 9.92. The molecule has 0 aliphatic heterocycles. The van der Waals surface area contributed by atoms with Crippen LogP contribution >= 0.6 is 0 Å². The third kappa shape index (κ3) is 8.00. The molecular formula is C21H40O3. The van der Waals surface area contributed by atoms with Crippen LogP contribution in [-0.4, -0.2) is 17.9 Å². The van der Waals surface area contributed by atoms with E-state index >= 15 is 0 Å². The van der Waals surface area contributed by atoms with Gasteiger partial charge in [-0.3, -0.25) is 4.79 Å². The van der Waals surface area contributed by atoms with E-state index in [4.69, 9.17) is 9.47 Å². The van der Waals surface area contributed by atoms with Gasteiger partial charge in [-0.15, -0.1) is 0 Å². The predicted molar refractivity (Wildman–Crippen MR) is 99.8 cm³/mol. The van der Waals surface area contributed by atoms with E-state index in [1.807, 2.05) is 13.8 Å². The second-order valence-electron chi connectivity index (χ2n) is 9.44. The molecule has 1 fully saturated rings. The Morgan fingerprint density at radius 3 is 2.08 bits per heavy atom. The first-order valence-electron chi connectivity index (χ1n) is 9.92. The highest BCUT2D eigenvalue weighted by Gasteiger charge is 2.37. The predicted octanol–water partition coefficient (Wildman–Crippen LogP) is 6.10. The van der Waals surface area contributed by atoms with Crippen molar-refractivity contribution in [2.75, 3.05) is 0 Å². The minimum Gasteiger partial charge on any atom is -0.433 e. The van der Waals surface area contributed by atoms with Gasteiger partial charge >= 0.3 is 5.97 Å². The molecule has 0 aromatic carbocycles. The van der Waals surface area contributed by atoms with Crippen molar-refractivity contribution in [2.45, 2.75) is 112 Å². The fourth-order valence-electron chi connectivity index (χ4n) is 3.56. The van der Waals surface area contributed by atoms with E-state index < -0.39 is 5.79 Å². The molecule has 0 heterocycles. The lowest BCUT2D eigenvalue weighted by Crippen LogP contribution is -2.40. The molecule has 142 valence electrons. The average molecular weight is 341 g/mol. The van der Waals surface area contributed by atoms with Crippen molar-refractivity contribution in [1.29, 1.82) is 0 Å². The lowest BCUT2D eigenvalue weighted by molar-refractivity contribution is -0.241. The zero-order valence-electron chi connectivity index (χ0n) is 17.1. The summed E-state index contributed by atoms with van der Waals surface area (Å²) in [7, 11) is 0. The van der Waals surface area contributed by atoms with E-state index in [-0.39, 0.29) is 23.4 Å². The highest BCUT2D eigenvalue weighted by molar-refractivity contribution is 5.73. The van der Waals surface area contributed by atoms with Gasteiger partial charge in [-0.05, 0) is 30.6 Å². The number of ether oxygens (including phenoxy) is 2. The van der Waals surface area contributed by atoms with Crippen LogP contribution in [0.1, 0.15) is 99.8 Å². The molecule has 3 nitrogen and oxygen atoms in total. The summed E-state index contributed by atoms with van der Waals surface area (Å²) in [6.07, 6.45) is 9.23. The van der Waals surface area contributed by atoms with Gasteiger partial charge in [-0.25, -0.2) is 0 Å². The van der Waals surface area contributed by atoms with Crippen molar-refractivity contribution in [3.05, 3.63) is 0 Å². The van der Waals surface area contributed by atoms with Gasteiger partial charge in [0.2, 0.25) is 5.79 Å². The zero-order chi connectivity index (χ0) is 18.4. The maximum Gasteiger partial charge on any atom is 0.311 e. The maximum atomic E-state index is 12.8. The standard InChI is InChI=1S/C21H40O3/c1-16(2)12-11-15-18(20(3,4)5)19(22)24-21(6,7)23-17-13-9-8-10-14-17/h16-18H,8-15H2,1-7H3. The number of esters is 1. The fourth-order valence-corrected chi connectivity index (χ4v) is 3.56. The molecule has 0 spiro atoms. The largest absolute Gasteiger partial charge is 0.433 e. The van der Waals surface area contributed by atoms with E-state index in [1.54, 1.807) is 0 Å². The lowest BCUT2D eigenvalue weighted by Gasteiger charge is -2.36. The first-order chi connectivity index (χ1) is 11.0. The summed E-state index contributed by atoms with van der Waals surface area (Å²) in [4.78, 5) is 12.8. The number of rotatable bonds is 8. The van der Waals surface area contributed by atoms with Gasteiger partial charge in [-0.1, -0.05) is 66.7 Å². The summed E-state index contributed by atoms with van der Waals surface area (Å²) in [5, 5.41) is 0. The molecular weight excluding hydrogens is 300 g/mol. The van der Waals surface area contributed by atoms with Crippen molar-refractivity contribution in [2.24, 2.45) is 17.3 Å². The van der Waals surface area contributed by atoms with E-state index in [0.29, 0.717) is 5.92 Å². The normalized spacial score (nSPS) is 18.7. The van der Waals surface area contributed by atoms with Crippen LogP contribution in [0.15, 0.2) is 0 Å². The monoisotopic (exact) mass is 340 g/mol. The van der Waals surface area contributed by atoms with Crippen molar-refractivity contribution in [3.63, 3.8) is 0 Å². The Balaban J connectivity index is 2.60.